The second-order valence-electron chi connectivity index (χ2n) is 7.63. The van der Waals surface area contributed by atoms with Gasteiger partial charge in [0.15, 0.2) is 29.0 Å². The zero-order valence-electron chi connectivity index (χ0n) is 17.3. The predicted molar refractivity (Wildman–Crippen MR) is 119 cm³/mol. The van der Waals surface area contributed by atoms with Crippen molar-refractivity contribution in [2.75, 3.05) is 37.8 Å². The van der Waals surface area contributed by atoms with Crippen LogP contribution < -0.4 is 13.4 Å². The molecule has 1 aliphatic heterocycles. The molecule has 0 spiro atoms. The maximum absolute atomic E-state index is 14.3. The van der Waals surface area contributed by atoms with Gasteiger partial charge in [0, 0.05) is 11.5 Å². The smallest absolute Gasteiger partial charge is 0.163 e. The highest BCUT2D eigenvalue weighted by Crippen LogP contribution is 2.39. The summed E-state index contributed by atoms with van der Waals surface area (Å²) in [5, 5.41) is 0.561. The number of hydrogen-bond donors (Lipinski definition) is 0. The number of halogens is 3. The van der Waals surface area contributed by atoms with E-state index < -0.39 is 11.6 Å². The minimum absolute atomic E-state index is 0.260. The molecule has 9 heteroatoms. The number of benzene rings is 2. The zero-order valence-corrected chi connectivity index (χ0v) is 18.9. The molecule has 1 saturated heterocycles. The number of ether oxygens (including phenoxy) is 2. The molecule has 164 valence electrons. The summed E-state index contributed by atoms with van der Waals surface area (Å²) in [6.45, 7) is 2.72. The summed E-state index contributed by atoms with van der Waals surface area (Å²) in [6.07, 6.45) is 3.52. The van der Waals surface area contributed by atoms with E-state index in [0.29, 0.717) is 34.9 Å². The Labute approximate surface area is 188 Å². The van der Waals surface area contributed by atoms with E-state index in [-0.39, 0.29) is 11.5 Å². The SMILES string of the molecule is COc1cc2c(N(Br)c3c(F)cccc3F)ncnc2cc1OCC1CCN(C)CC1. The van der Waals surface area contributed by atoms with Gasteiger partial charge in [-0.25, -0.2) is 18.7 Å². The molecule has 0 unspecified atom stereocenters. The molecule has 0 atom stereocenters. The molecule has 0 amide bonds. The zero-order chi connectivity index (χ0) is 22.0. The van der Waals surface area contributed by atoms with Gasteiger partial charge in [0.2, 0.25) is 0 Å². The van der Waals surface area contributed by atoms with Crippen molar-refractivity contribution >= 4 is 38.6 Å². The summed E-state index contributed by atoms with van der Waals surface area (Å²) in [5.74, 6) is 0.430. The van der Waals surface area contributed by atoms with Crippen LogP contribution >= 0.6 is 16.1 Å². The van der Waals surface area contributed by atoms with E-state index in [0.717, 1.165) is 25.9 Å². The van der Waals surface area contributed by atoms with Crippen LogP contribution in [0.1, 0.15) is 12.8 Å². The molecule has 3 aromatic rings. The van der Waals surface area contributed by atoms with Gasteiger partial charge in [0.25, 0.3) is 0 Å². The Morgan fingerprint density at radius 1 is 1.13 bits per heavy atom. The van der Waals surface area contributed by atoms with Gasteiger partial charge >= 0.3 is 0 Å². The maximum Gasteiger partial charge on any atom is 0.163 e. The van der Waals surface area contributed by atoms with E-state index in [1.165, 1.54) is 28.5 Å². The summed E-state index contributed by atoms with van der Waals surface area (Å²) in [5.41, 5.74) is 0.314. The molecule has 2 heterocycles. The van der Waals surface area contributed by atoms with Crippen molar-refractivity contribution in [2.24, 2.45) is 5.92 Å². The molecule has 1 aliphatic rings. The number of fused-ring (bicyclic) bond motifs is 1. The monoisotopic (exact) mass is 492 g/mol. The first kappa shape index (κ1) is 21.7. The standard InChI is InChI=1S/C22H23BrF2N4O2/c1-28-8-6-14(7-9-28)12-31-20-11-18-15(10-19(20)30-2)22(27-13-26-18)29(23)21-16(24)4-3-5-17(21)25/h3-5,10-11,13-14H,6-9,12H2,1-2H3. The molecule has 0 bridgehead atoms. The van der Waals surface area contributed by atoms with Gasteiger partial charge in [-0.15, -0.1) is 0 Å². The number of rotatable bonds is 6. The van der Waals surface area contributed by atoms with Crippen molar-refractivity contribution in [3.63, 3.8) is 0 Å². The Morgan fingerprint density at radius 2 is 1.84 bits per heavy atom. The van der Waals surface area contributed by atoms with Crippen LogP contribution in [0.3, 0.4) is 0 Å². The van der Waals surface area contributed by atoms with Crippen LogP contribution in [0.25, 0.3) is 10.9 Å². The molecule has 0 saturated carbocycles. The Hall–Kier alpha value is -2.52. The van der Waals surface area contributed by atoms with E-state index in [1.807, 2.05) is 0 Å². The van der Waals surface area contributed by atoms with Gasteiger partial charge < -0.3 is 14.4 Å². The second-order valence-corrected chi connectivity index (χ2v) is 8.34. The first-order valence-corrected chi connectivity index (χ1v) is 10.7. The molecule has 0 N–H and O–H groups in total. The van der Waals surface area contributed by atoms with Gasteiger partial charge in [-0.1, -0.05) is 6.07 Å². The van der Waals surface area contributed by atoms with E-state index in [4.69, 9.17) is 9.47 Å². The quantitative estimate of drug-likeness (QED) is 0.447. The average molecular weight is 493 g/mol. The lowest BCUT2D eigenvalue weighted by molar-refractivity contribution is 0.157. The third kappa shape index (κ3) is 4.57. The molecule has 6 nitrogen and oxygen atoms in total. The maximum atomic E-state index is 14.3. The van der Waals surface area contributed by atoms with Crippen molar-refractivity contribution in [1.29, 1.82) is 0 Å². The average Bonchev–Trinajstić information content (AvgIpc) is 2.77. The highest BCUT2D eigenvalue weighted by molar-refractivity contribution is 9.10. The number of para-hydroxylation sites is 1. The van der Waals surface area contributed by atoms with Crippen molar-refractivity contribution in [3.8, 4) is 11.5 Å². The Bertz CT molecular complexity index is 1060. The van der Waals surface area contributed by atoms with E-state index in [1.54, 1.807) is 19.2 Å². The lowest BCUT2D eigenvalue weighted by Gasteiger charge is -2.29. The van der Waals surface area contributed by atoms with Gasteiger partial charge in [0.05, 0.1) is 35.4 Å². The Morgan fingerprint density at radius 3 is 2.52 bits per heavy atom. The van der Waals surface area contributed by atoms with Crippen LogP contribution in [-0.4, -0.2) is 48.7 Å². The Kier molecular flexibility index (Phi) is 6.52. The number of piperidine rings is 1. The highest BCUT2D eigenvalue weighted by Gasteiger charge is 2.22. The summed E-state index contributed by atoms with van der Waals surface area (Å²) in [7, 11) is 3.68. The normalized spacial score (nSPS) is 15.3. The number of hydrogen-bond acceptors (Lipinski definition) is 6. The summed E-state index contributed by atoms with van der Waals surface area (Å²) in [6, 6.07) is 7.18. The number of anilines is 2. The predicted octanol–water partition coefficient (Wildman–Crippen LogP) is 5.09. The number of nitrogens with zero attached hydrogens (tertiary/aromatic N) is 4. The minimum Gasteiger partial charge on any atom is -0.493 e. The topological polar surface area (TPSA) is 50.7 Å². The molecule has 1 fully saturated rings. The van der Waals surface area contributed by atoms with Gasteiger partial charge in [-0.3, -0.25) is 3.93 Å². The fraction of sp³-hybridized carbons (Fsp3) is 0.364. The summed E-state index contributed by atoms with van der Waals surface area (Å²) in [4.78, 5) is 10.9. The van der Waals surface area contributed by atoms with Crippen LogP contribution in [0.5, 0.6) is 11.5 Å². The molecule has 1 aromatic heterocycles. The van der Waals surface area contributed by atoms with E-state index in [2.05, 4.69) is 38.1 Å². The largest absolute Gasteiger partial charge is 0.493 e. The molecule has 0 radical (unpaired) electrons. The highest BCUT2D eigenvalue weighted by atomic mass is 79.9. The molecular weight excluding hydrogens is 470 g/mol. The van der Waals surface area contributed by atoms with E-state index in [9.17, 15) is 8.78 Å². The third-order valence-corrected chi connectivity index (χ3v) is 6.22. The number of likely N-dealkylation sites (tertiary alicyclic amines) is 1. The molecule has 0 aliphatic carbocycles. The number of methoxy groups -OCH3 is 1. The van der Waals surface area contributed by atoms with Gasteiger partial charge in [0.1, 0.15) is 12.0 Å². The van der Waals surface area contributed by atoms with Crippen LogP contribution in [0.4, 0.5) is 20.3 Å². The van der Waals surface area contributed by atoms with Crippen molar-refractivity contribution < 1.29 is 18.3 Å². The van der Waals surface area contributed by atoms with E-state index >= 15 is 0 Å². The van der Waals surface area contributed by atoms with Crippen molar-refractivity contribution in [1.82, 2.24) is 14.9 Å². The third-order valence-electron chi connectivity index (χ3n) is 5.53. The van der Waals surface area contributed by atoms with Gasteiger partial charge in [-0.2, -0.15) is 0 Å². The first-order chi connectivity index (χ1) is 15.0. The summed E-state index contributed by atoms with van der Waals surface area (Å²) >= 11 is 3.26. The number of aromatic nitrogens is 2. The first-order valence-electron chi connectivity index (χ1n) is 10.0. The van der Waals surface area contributed by atoms with Crippen LogP contribution in [0.15, 0.2) is 36.7 Å². The van der Waals surface area contributed by atoms with Gasteiger partial charge in [-0.05, 0) is 57.1 Å². The lowest BCUT2D eigenvalue weighted by Crippen LogP contribution is -2.32. The van der Waals surface area contributed by atoms with Crippen LogP contribution in [-0.2, 0) is 0 Å². The molecule has 2 aromatic carbocycles. The molecule has 4 rings (SSSR count). The lowest BCUT2D eigenvalue weighted by atomic mass is 9.98. The van der Waals surface area contributed by atoms with Crippen molar-refractivity contribution in [2.45, 2.75) is 12.8 Å². The summed E-state index contributed by atoms with van der Waals surface area (Å²) < 4.78 is 41.4. The van der Waals surface area contributed by atoms with Crippen LogP contribution in [0.2, 0.25) is 0 Å². The van der Waals surface area contributed by atoms with Crippen molar-refractivity contribution in [3.05, 3.63) is 48.3 Å². The Balaban J connectivity index is 1.65. The minimum atomic E-state index is -0.714. The fourth-order valence-electron chi connectivity index (χ4n) is 3.70. The second kappa shape index (κ2) is 9.32. The van der Waals surface area contributed by atoms with Crippen LogP contribution in [0, 0.1) is 17.6 Å². The fourth-order valence-corrected chi connectivity index (χ4v) is 4.32. The molecular formula is C22H23BrF2N4O2. The molecule has 31 heavy (non-hydrogen) atoms.